The Kier molecular flexibility index (Phi) is 3.98. The lowest BCUT2D eigenvalue weighted by atomic mass is 10.2. The number of carbonyl (C=O) groups is 1. The van der Waals surface area contributed by atoms with Gasteiger partial charge < -0.3 is 11.1 Å². The van der Waals surface area contributed by atoms with Crippen LogP contribution in [0.3, 0.4) is 0 Å². The van der Waals surface area contributed by atoms with Gasteiger partial charge in [0.1, 0.15) is 11.5 Å². The number of benzene rings is 2. The van der Waals surface area contributed by atoms with Crippen molar-refractivity contribution in [3.8, 4) is 0 Å². The molecule has 0 bridgehead atoms. The highest BCUT2D eigenvalue weighted by molar-refractivity contribution is 14.1. The molecule has 3 N–H and O–H groups in total. The van der Waals surface area contributed by atoms with E-state index in [2.05, 4.69) is 27.9 Å². The number of hydrogen-bond acceptors (Lipinski definition) is 2. The van der Waals surface area contributed by atoms with Gasteiger partial charge in [0.05, 0.1) is 5.69 Å². The van der Waals surface area contributed by atoms with Gasteiger partial charge >= 0.3 is 0 Å². The second-order valence-corrected chi connectivity index (χ2v) is 5.06. The van der Waals surface area contributed by atoms with Gasteiger partial charge in [-0.2, -0.15) is 0 Å². The van der Waals surface area contributed by atoms with Gasteiger partial charge in [0.2, 0.25) is 0 Å². The number of anilines is 2. The molecule has 0 aliphatic rings. The van der Waals surface area contributed by atoms with E-state index < -0.39 is 17.5 Å². The van der Waals surface area contributed by atoms with Crippen molar-refractivity contribution in [3.05, 3.63) is 57.2 Å². The van der Waals surface area contributed by atoms with Crippen molar-refractivity contribution >= 4 is 39.9 Å². The third-order valence-electron chi connectivity index (χ3n) is 2.41. The molecule has 98 valence electrons. The molecular formula is C13H9F2IN2O. The molecule has 0 aliphatic carbocycles. The fraction of sp³-hybridized carbons (Fsp3) is 0. The Morgan fingerprint density at radius 2 is 1.95 bits per heavy atom. The van der Waals surface area contributed by atoms with E-state index in [0.717, 1.165) is 9.64 Å². The molecule has 3 nitrogen and oxygen atoms in total. The number of nitrogens with two attached hydrogens (primary N) is 1. The lowest BCUT2D eigenvalue weighted by molar-refractivity contribution is 0.102. The Bertz CT molecular complexity index is 623. The van der Waals surface area contributed by atoms with Crippen molar-refractivity contribution in [3.63, 3.8) is 0 Å². The number of nitrogen functional groups attached to an aromatic ring is 1. The molecule has 0 unspecified atom stereocenters. The van der Waals surface area contributed by atoms with Crippen LogP contribution in [0.15, 0.2) is 36.4 Å². The van der Waals surface area contributed by atoms with E-state index in [0.29, 0.717) is 11.6 Å². The minimum absolute atomic E-state index is 0.156. The first-order valence-electron chi connectivity index (χ1n) is 5.29. The fourth-order valence-electron chi connectivity index (χ4n) is 1.54. The molecule has 0 atom stereocenters. The summed E-state index contributed by atoms with van der Waals surface area (Å²) in [7, 11) is 0. The zero-order valence-electron chi connectivity index (χ0n) is 9.58. The summed E-state index contributed by atoms with van der Waals surface area (Å²) in [5.74, 6) is -2.20. The second kappa shape index (κ2) is 5.52. The maximum absolute atomic E-state index is 13.5. The number of rotatable bonds is 2. The average Bonchev–Trinajstić information content (AvgIpc) is 2.33. The molecule has 0 aliphatic heterocycles. The Morgan fingerprint density at radius 3 is 2.58 bits per heavy atom. The van der Waals surface area contributed by atoms with Crippen LogP contribution in [0, 0.1) is 15.2 Å². The van der Waals surface area contributed by atoms with Crippen LogP contribution in [-0.2, 0) is 0 Å². The van der Waals surface area contributed by atoms with Crippen molar-refractivity contribution < 1.29 is 13.6 Å². The van der Waals surface area contributed by atoms with Crippen LogP contribution in [0.4, 0.5) is 20.2 Å². The van der Waals surface area contributed by atoms with Gasteiger partial charge in [-0.3, -0.25) is 4.79 Å². The van der Waals surface area contributed by atoms with E-state index in [-0.39, 0.29) is 11.4 Å². The molecule has 0 radical (unpaired) electrons. The predicted molar refractivity (Wildman–Crippen MR) is 77.9 cm³/mol. The van der Waals surface area contributed by atoms with Crippen LogP contribution in [-0.4, -0.2) is 5.91 Å². The summed E-state index contributed by atoms with van der Waals surface area (Å²) in [6.07, 6.45) is 0. The summed E-state index contributed by atoms with van der Waals surface area (Å²) in [6.45, 7) is 0. The maximum Gasteiger partial charge on any atom is 0.255 e. The summed E-state index contributed by atoms with van der Waals surface area (Å²) in [5, 5.41) is 2.34. The molecule has 0 spiro atoms. The van der Waals surface area contributed by atoms with Gasteiger partial charge in [0.25, 0.3) is 5.91 Å². The average molecular weight is 374 g/mol. The lowest BCUT2D eigenvalue weighted by Crippen LogP contribution is -2.14. The minimum atomic E-state index is -0.906. The number of halogens is 3. The van der Waals surface area contributed by atoms with Gasteiger partial charge in [-0.15, -0.1) is 0 Å². The molecule has 0 saturated heterocycles. The Labute approximate surface area is 121 Å². The number of hydrogen-bond donors (Lipinski definition) is 2. The highest BCUT2D eigenvalue weighted by Gasteiger charge is 2.13. The monoisotopic (exact) mass is 374 g/mol. The molecule has 1 amide bonds. The second-order valence-electron chi connectivity index (χ2n) is 3.82. The van der Waals surface area contributed by atoms with E-state index in [1.165, 1.54) is 0 Å². The Morgan fingerprint density at radius 1 is 1.21 bits per heavy atom. The number of nitrogens with one attached hydrogen (secondary N) is 1. The summed E-state index contributed by atoms with van der Waals surface area (Å²) in [4.78, 5) is 11.9. The van der Waals surface area contributed by atoms with Crippen molar-refractivity contribution in [2.45, 2.75) is 0 Å². The largest absolute Gasteiger partial charge is 0.397 e. The van der Waals surface area contributed by atoms with Crippen molar-refractivity contribution in [1.82, 2.24) is 0 Å². The minimum Gasteiger partial charge on any atom is -0.397 e. The molecule has 6 heteroatoms. The number of amides is 1. The van der Waals surface area contributed by atoms with E-state index in [1.807, 2.05) is 6.07 Å². The Hall–Kier alpha value is -1.70. The number of carbonyl (C=O) groups excluding carboxylic acids is 1. The molecule has 2 aromatic carbocycles. The van der Waals surface area contributed by atoms with Gasteiger partial charge in [0, 0.05) is 15.2 Å². The van der Waals surface area contributed by atoms with Crippen LogP contribution in [0.5, 0.6) is 0 Å². The maximum atomic E-state index is 13.5. The van der Waals surface area contributed by atoms with Crippen LogP contribution in [0.1, 0.15) is 10.4 Å². The predicted octanol–water partition coefficient (Wildman–Crippen LogP) is 3.40. The summed E-state index contributed by atoms with van der Waals surface area (Å²) < 4.78 is 27.3. The molecular weight excluding hydrogens is 365 g/mol. The third-order valence-corrected chi connectivity index (χ3v) is 3.08. The fourth-order valence-corrected chi connectivity index (χ4v) is 2.08. The quantitative estimate of drug-likeness (QED) is 0.626. The van der Waals surface area contributed by atoms with E-state index in [9.17, 15) is 13.6 Å². The molecule has 0 fully saturated rings. The van der Waals surface area contributed by atoms with Gasteiger partial charge in [-0.25, -0.2) is 8.78 Å². The van der Waals surface area contributed by atoms with Gasteiger partial charge in [-0.1, -0.05) is 6.07 Å². The standard InChI is InChI=1S/C13H9F2IN2O/c14-8-5-10(15)12(11(17)6-8)18-13(19)7-2-1-3-9(16)4-7/h1-6H,17H2,(H,18,19). The normalized spacial score (nSPS) is 10.3. The van der Waals surface area contributed by atoms with Crippen molar-refractivity contribution in [1.29, 1.82) is 0 Å². The molecule has 0 heterocycles. The summed E-state index contributed by atoms with van der Waals surface area (Å²) in [6, 6.07) is 8.39. The molecule has 2 aromatic rings. The molecule has 0 saturated carbocycles. The first-order valence-corrected chi connectivity index (χ1v) is 6.36. The zero-order valence-corrected chi connectivity index (χ0v) is 11.7. The highest BCUT2D eigenvalue weighted by atomic mass is 127. The van der Waals surface area contributed by atoms with E-state index in [1.54, 1.807) is 18.2 Å². The van der Waals surface area contributed by atoms with Crippen molar-refractivity contribution in [2.75, 3.05) is 11.1 Å². The van der Waals surface area contributed by atoms with Crippen LogP contribution < -0.4 is 11.1 Å². The smallest absolute Gasteiger partial charge is 0.255 e. The van der Waals surface area contributed by atoms with Crippen LogP contribution in [0.2, 0.25) is 0 Å². The highest BCUT2D eigenvalue weighted by Crippen LogP contribution is 2.24. The molecule has 2 rings (SSSR count). The first-order chi connectivity index (χ1) is 8.97. The van der Waals surface area contributed by atoms with Crippen LogP contribution in [0.25, 0.3) is 0 Å². The lowest BCUT2D eigenvalue weighted by Gasteiger charge is -2.09. The van der Waals surface area contributed by atoms with Crippen LogP contribution >= 0.6 is 22.6 Å². The van der Waals surface area contributed by atoms with Crippen molar-refractivity contribution in [2.24, 2.45) is 0 Å². The molecule has 0 aromatic heterocycles. The summed E-state index contributed by atoms with van der Waals surface area (Å²) in [5.41, 5.74) is 5.48. The SMILES string of the molecule is Nc1cc(F)cc(F)c1NC(=O)c1cccc(I)c1. The molecule has 19 heavy (non-hydrogen) atoms. The summed E-state index contributed by atoms with van der Waals surface area (Å²) >= 11 is 2.06. The first kappa shape index (κ1) is 13.7. The topological polar surface area (TPSA) is 55.1 Å². The van der Waals surface area contributed by atoms with E-state index >= 15 is 0 Å². The zero-order chi connectivity index (χ0) is 14.0. The van der Waals surface area contributed by atoms with E-state index in [4.69, 9.17) is 5.73 Å². The third kappa shape index (κ3) is 3.19. The van der Waals surface area contributed by atoms with Gasteiger partial charge in [-0.05, 0) is 46.9 Å². The van der Waals surface area contributed by atoms with Gasteiger partial charge in [0.15, 0.2) is 5.82 Å². The Balaban J connectivity index is 2.29.